The summed E-state index contributed by atoms with van der Waals surface area (Å²) in [7, 11) is 0. The zero-order valence-electron chi connectivity index (χ0n) is 12.2. The Morgan fingerprint density at radius 3 is 2.96 bits per heavy atom. The maximum atomic E-state index is 12.7. The zero-order valence-corrected chi connectivity index (χ0v) is 13.8. The minimum absolute atomic E-state index is 0.0526. The molecular weight excluding hydrogens is 334 g/mol. The van der Waals surface area contributed by atoms with Crippen LogP contribution in [0.25, 0.3) is 4.96 Å². The number of hydrogen-bond donors (Lipinski definition) is 0. The highest BCUT2D eigenvalue weighted by Gasteiger charge is 2.27. The number of carbonyl (C=O) groups excluding carboxylic acids is 1. The molecule has 0 unspecified atom stereocenters. The third-order valence-corrected chi connectivity index (χ3v) is 4.93. The Kier molecular flexibility index (Phi) is 3.80. The van der Waals surface area contributed by atoms with Gasteiger partial charge in [-0.1, -0.05) is 23.7 Å². The van der Waals surface area contributed by atoms with Crippen molar-refractivity contribution >= 4 is 33.8 Å². The second kappa shape index (κ2) is 5.96. The number of ether oxygens (including phenoxy) is 1. The number of benzene rings is 1. The summed E-state index contributed by atoms with van der Waals surface area (Å²) in [6.45, 7) is 1.61. The number of carbonyl (C=O) groups is 1. The van der Waals surface area contributed by atoms with Gasteiger partial charge in [0.2, 0.25) is 0 Å². The predicted octanol–water partition coefficient (Wildman–Crippen LogP) is 3.26. The molecule has 0 radical (unpaired) electrons. The molecule has 0 spiro atoms. The SMILES string of the molecule is O=C(c1cn2ccsc2n1)N1CCO[C@H](c2ccc(Cl)cc2)C1. The summed E-state index contributed by atoms with van der Waals surface area (Å²) in [6, 6.07) is 7.55. The van der Waals surface area contributed by atoms with Gasteiger partial charge in [-0.05, 0) is 17.7 Å². The van der Waals surface area contributed by atoms with E-state index in [0.29, 0.717) is 30.4 Å². The molecule has 1 saturated heterocycles. The van der Waals surface area contributed by atoms with Gasteiger partial charge in [0.15, 0.2) is 4.96 Å². The Hall–Kier alpha value is -1.89. The third kappa shape index (κ3) is 2.85. The number of thiazole rings is 1. The number of amides is 1. The Morgan fingerprint density at radius 1 is 1.35 bits per heavy atom. The van der Waals surface area contributed by atoms with Crippen LogP contribution in [0.2, 0.25) is 5.02 Å². The first-order valence-electron chi connectivity index (χ1n) is 7.29. The largest absolute Gasteiger partial charge is 0.370 e. The van der Waals surface area contributed by atoms with Crippen molar-refractivity contribution < 1.29 is 9.53 Å². The lowest BCUT2D eigenvalue weighted by molar-refractivity contribution is -0.0229. The molecule has 1 aromatic carbocycles. The average molecular weight is 348 g/mol. The van der Waals surface area contributed by atoms with E-state index in [1.165, 1.54) is 11.3 Å². The van der Waals surface area contributed by atoms with E-state index in [9.17, 15) is 4.79 Å². The summed E-state index contributed by atoms with van der Waals surface area (Å²) in [5, 5.41) is 2.64. The second-order valence-corrected chi connectivity index (χ2v) is 6.69. The van der Waals surface area contributed by atoms with Crippen LogP contribution >= 0.6 is 22.9 Å². The molecule has 1 aliphatic rings. The van der Waals surface area contributed by atoms with E-state index in [0.717, 1.165) is 10.5 Å². The van der Waals surface area contributed by atoms with Crippen molar-refractivity contribution in [3.63, 3.8) is 0 Å². The van der Waals surface area contributed by atoms with Gasteiger partial charge in [0, 0.05) is 29.3 Å². The van der Waals surface area contributed by atoms with Crippen LogP contribution in [0.4, 0.5) is 0 Å². The Morgan fingerprint density at radius 2 is 2.17 bits per heavy atom. The number of morpholine rings is 1. The maximum Gasteiger partial charge on any atom is 0.274 e. The van der Waals surface area contributed by atoms with Gasteiger partial charge in [0.05, 0.1) is 13.2 Å². The number of imidazole rings is 1. The molecule has 118 valence electrons. The Bertz CT molecular complexity index is 814. The minimum atomic E-state index is -0.131. The molecule has 1 amide bonds. The van der Waals surface area contributed by atoms with Crippen LogP contribution < -0.4 is 0 Å². The second-order valence-electron chi connectivity index (χ2n) is 5.38. The van der Waals surface area contributed by atoms with E-state index >= 15 is 0 Å². The van der Waals surface area contributed by atoms with Crippen LogP contribution in [-0.4, -0.2) is 39.9 Å². The number of halogens is 1. The first-order chi connectivity index (χ1) is 11.2. The number of hydrogen-bond acceptors (Lipinski definition) is 4. The van der Waals surface area contributed by atoms with Crippen LogP contribution in [0.5, 0.6) is 0 Å². The van der Waals surface area contributed by atoms with Crippen molar-refractivity contribution in [3.05, 3.63) is 58.3 Å². The molecule has 1 aliphatic heterocycles. The van der Waals surface area contributed by atoms with Crippen molar-refractivity contribution in [3.8, 4) is 0 Å². The molecule has 1 fully saturated rings. The van der Waals surface area contributed by atoms with Gasteiger partial charge in [0.25, 0.3) is 5.91 Å². The van der Waals surface area contributed by atoms with Gasteiger partial charge < -0.3 is 9.64 Å². The summed E-state index contributed by atoms with van der Waals surface area (Å²) < 4.78 is 7.67. The summed E-state index contributed by atoms with van der Waals surface area (Å²) in [6.07, 6.45) is 3.55. The van der Waals surface area contributed by atoms with Crippen molar-refractivity contribution in [2.45, 2.75) is 6.10 Å². The lowest BCUT2D eigenvalue weighted by Gasteiger charge is -2.32. The van der Waals surface area contributed by atoms with Crippen LogP contribution in [0.15, 0.2) is 42.0 Å². The summed E-state index contributed by atoms with van der Waals surface area (Å²) >= 11 is 7.44. The van der Waals surface area contributed by atoms with Crippen molar-refractivity contribution in [1.29, 1.82) is 0 Å². The highest BCUT2D eigenvalue weighted by Crippen LogP contribution is 2.24. The molecule has 7 heteroatoms. The highest BCUT2D eigenvalue weighted by atomic mass is 35.5. The molecule has 0 bridgehead atoms. The van der Waals surface area contributed by atoms with E-state index in [1.54, 1.807) is 11.1 Å². The van der Waals surface area contributed by atoms with E-state index in [-0.39, 0.29) is 12.0 Å². The molecule has 0 aliphatic carbocycles. The van der Waals surface area contributed by atoms with Crippen molar-refractivity contribution in [2.24, 2.45) is 0 Å². The molecule has 1 atom stereocenters. The van der Waals surface area contributed by atoms with Crippen molar-refractivity contribution in [1.82, 2.24) is 14.3 Å². The molecule has 3 aromatic rings. The van der Waals surface area contributed by atoms with Crippen LogP contribution in [0, 0.1) is 0 Å². The third-order valence-electron chi connectivity index (χ3n) is 3.91. The highest BCUT2D eigenvalue weighted by molar-refractivity contribution is 7.15. The Balaban J connectivity index is 1.53. The lowest BCUT2D eigenvalue weighted by Crippen LogP contribution is -2.42. The van der Waals surface area contributed by atoms with Gasteiger partial charge in [-0.15, -0.1) is 11.3 Å². The van der Waals surface area contributed by atoms with E-state index in [2.05, 4.69) is 4.98 Å². The van der Waals surface area contributed by atoms with Gasteiger partial charge in [-0.25, -0.2) is 4.98 Å². The molecule has 23 heavy (non-hydrogen) atoms. The number of fused-ring (bicyclic) bond motifs is 1. The fourth-order valence-electron chi connectivity index (χ4n) is 2.71. The molecule has 5 nitrogen and oxygen atoms in total. The van der Waals surface area contributed by atoms with Crippen molar-refractivity contribution in [2.75, 3.05) is 19.7 Å². The maximum absolute atomic E-state index is 12.7. The summed E-state index contributed by atoms with van der Waals surface area (Å²) in [4.78, 5) is 19.7. The number of rotatable bonds is 2. The zero-order chi connectivity index (χ0) is 15.8. The van der Waals surface area contributed by atoms with Gasteiger partial charge in [-0.3, -0.25) is 9.20 Å². The van der Waals surface area contributed by atoms with Gasteiger partial charge in [0.1, 0.15) is 11.8 Å². The fraction of sp³-hybridized carbons (Fsp3) is 0.250. The summed E-state index contributed by atoms with van der Waals surface area (Å²) in [5.41, 5.74) is 1.51. The number of aromatic nitrogens is 2. The molecule has 0 saturated carbocycles. The van der Waals surface area contributed by atoms with Crippen LogP contribution in [0.3, 0.4) is 0 Å². The average Bonchev–Trinajstić information content (AvgIpc) is 3.16. The normalized spacial score (nSPS) is 18.5. The first kappa shape index (κ1) is 14.7. The molecule has 2 aromatic heterocycles. The Labute approximate surface area is 142 Å². The fourth-order valence-corrected chi connectivity index (χ4v) is 3.53. The molecular formula is C16H14ClN3O2S. The van der Waals surface area contributed by atoms with E-state index in [1.807, 2.05) is 40.2 Å². The van der Waals surface area contributed by atoms with E-state index < -0.39 is 0 Å². The topological polar surface area (TPSA) is 46.8 Å². The monoisotopic (exact) mass is 347 g/mol. The molecule has 4 rings (SSSR count). The number of nitrogens with zero attached hydrogens (tertiary/aromatic N) is 3. The first-order valence-corrected chi connectivity index (χ1v) is 8.55. The molecule has 3 heterocycles. The van der Waals surface area contributed by atoms with E-state index in [4.69, 9.17) is 16.3 Å². The van der Waals surface area contributed by atoms with Crippen LogP contribution in [-0.2, 0) is 4.74 Å². The van der Waals surface area contributed by atoms with Gasteiger partial charge >= 0.3 is 0 Å². The van der Waals surface area contributed by atoms with Crippen LogP contribution in [0.1, 0.15) is 22.2 Å². The summed E-state index contributed by atoms with van der Waals surface area (Å²) in [5.74, 6) is -0.0526. The predicted molar refractivity (Wildman–Crippen MR) is 89.1 cm³/mol. The minimum Gasteiger partial charge on any atom is -0.370 e. The smallest absolute Gasteiger partial charge is 0.274 e. The standard InChI is InChI=1S/C16H14ClN3O2S/c17-12-3-1-11(2-4-12)14-10-19(5-7-22-14)15(21)13-9-20-6-8-23-16(20)18-13/h1-4,6,8-9,14H,5,7,10H2/t14-/m0/s1. The quantitative estimate of drug-likeness (QED) is 0.714. The lowest BCUT2D eigenvalue weighted by atomic mass is 10.1. The van der Waals surface area contributed by atoms with Gasteiger partial charge in [-0.2, -0.15) is 0 Å². The molecule has 0 N–H and O–H groups in total.